The van der Waals surface area contributed by atoms with Gasteiger partial charge in [0.05, 0.1) is 6.54 Å². The number of rotatable bonds is 5. The van der Waals surface area contributed by atoms with Crippen LogP contribution in [-0.2, 0) is 13.0 Å². The van der Waals surface area contributed by atoms with E-state index < -0.39 is 0 Å². The third-order valence-electron chi connectivity index (χ3n) is 2.56. The van der Waals surface area contributed by atoms with Crippen LogP contribution in [-0.4, -0.2) is 23.1 Å². The van der Waals surface area contributed by atoms with Gasteiger partial charge in [0, 0.05) is 30.4 Å². The molecule has 0 aliphatic carbocycles. The number of anilines is 1. The highest BCUT2D eigenvalue weighted by molar-refractivity contribution is 7.09. The molecule has 0 bridgehead atoms. The molecule has 0 aromatic carbocycles. The molecule has 1 unspecified atom stereocenters. The maximum absolute atomic E-state index is 5.75. The molecule has 0 spiro atoms. The van der Waals surface area contributed by atoms with Crippen molar-refractivity contribution in [2.45, 2.75) is 25.9 Å². The van der Waals surface area contributed by atoms with Crippen LogP contribution in [0.25, 0.3) is 0 Å². The molecule has 0 fully saturated rings. The van der Waals surface area contributed by atoms with Crippen molar-refractivity contribution in [2.75, 3.05) is 11.9 Å². The lowest BCUT2D eigenvalue weighted by atomic mass is 10.1. The normalized spacial score (nSPS) is 12.4. The van der Waals surface area contributed by atoms with Crippen LogP contribution < -0.4 is 10.6 Å². The molecule has 5 heteroatoms. The van der Waals surface area contributed by atoms with E-state index in [9.17, 15) is 0 Å². The van der Waals surface area contributed by atoms with Crippen LogP contribution in [0.2, 0.25) is 0 Å². The van der Waals surface area contributed by atoms with Gasteiger partial charge in [-0.25, -0.2) is 9.97 Å². The van der Waals surface area contributed by atoms with E-state index in [1.807, 2.05) is 31.3 Å². The number of nitrogens with two attached hydrogens (primary N) is 1. The van der Waals surface area contributed by atoms with Crippen molar-refractivity contribution in [3.63, 3.8) is 0 Å². The van der Waals surface area contributed by atoms with Crippen LogP contribution in [0.4, 0.5) is 5.95 Å². The Kier molecular flexibility index (Phi) is 4.28. The van der Waals surface area contributed by atoms with Gasteiger partial charge in [-0.15, -0.1) is 11.3 Å². The number of hydrogen-bond acceptors (Lipinski definition) is 5. The minimum absolute atomic E-state index is 0.142. The second-order valence-corrected chi connectivity index (χ2v) is 5.54. The molecule has 4 nitrogen and oxygen atoms in total. The highest BCUT2D eigenvalue weighted by Gasteiger charge is 2.06. The topological polar surface area (TPSA) is 55.0 Å². The van der Waals surface area contributed by atoms with Gasteiger partial charge in [-0.1, -0.05) is 6.07 Å². The quantitative estimate of drug-likeness (QED) is 0.896. The zero-order chi connectivity index (χ0) is 13.0. The zero-order valence-electron chi connectivity index (χ0n) is 10.7. The van der Waals surface area contributed by atoms with Gasteiger partial charge in [-0.3, -0.25) is 0 Å². The summed E-state index contributed by atoms with van der Waals surface area (Å²) in [7, 11) is 2.00. The first-order chi connectivity index (χ1) is 8.65. The first-order valence-electron chi connectivity index (χ1n) is 5.95. The monoisotopic (exact) mass is 262 g/mol. The maximum atomic E-state index is 5.75. The van der Waals surface area contributed by atoms with Gasteiger partial charge in [0.25, 0.3) is 0 Å². The molecule has 0 amide bonds. The molecule has 2 aromatic heterocycles. The SMILES string of the molecule is CC(N)Cc1cnc(N(C)Cc2cccs2)nc1. The molecule has 0 aliphatic heterocycles. The summed E-state index contributed by atoms with van der Waals surface area (Å²) in [5.41, 5.74) is 6.83. The molecule has 0 aliphatic rings. The van der Waals surface area contributed by atoms with Crippen molar-refractivity contribution in [2.24, 2.45) is 5.73 Å². The zero-order valence-corrected chi connectivity index (χ0v) is 11.5. The van der Waals surface area contributed by atoms with Crippen LogP contribution in [0.5, 0.6) is 0 Å². The molecular weight excluding hydrogens is 244 g/mol. The summed E-state index contributed by atoms with van der Waals surface area (Å²) in [5, 5.41) is 2.08. The van der Waals surface area contributed by atoms with Crippen LogP contribution in [0.1, 0.15) is 17.4 Å². The molecular formula is C13H18N4S. The first kappa shape index (κ1) is 13.0. The fourth-order valence-corrected chi connectivity index (χ4v) is 2.49. The highest BCUT2D eigenvalue weighted by Crippen LogP contribution is 2.14. The first-order valence-corrected chi connectivity index (χ1v) is 6.83. The highest BCUT2D eigenvalue weighted by atomic mass is 32.1. The van der Waals surface area contributed by atoms with Crippen molar-refractivity contribution < 1.29 is 0 Å². The van der Waals surface area contributed by atoms with Gasteiger partial charge in [0.1, 0.15) is 0 Å². The third-order valence-corrected chi connectivity index (χ3v) is 3.43. The van der Waals surface area contributed by atoms with Crippen molar-refractivity contribution in [3.8, 4) is 0 Å². The Balaban J connectivity index is 2.00. The summed E-state index contributed by atoms with van der Waals surface area (Å²) in [6.07, 6.45) is 4.53. The molecule has 18 heavy (non-hydrogen) atoms. The fourth-order valence-electron chi connectivity index (χ4n) is 1.73. The van der Waals surface area contributed by atoms with Gasteiger partial charge in [0.15, 0.2) is 0 Å². The minimum Gasteiger partial charge on any atom is -0.339 e. The third kappa shape index (κ3) is 3.51. The Morgan fingerprint density at radius 3 is 2.67 bits per heavy atom. The predicted octanol–water partition coefficient (Wildman–Crippen LogP) is 2.06. The van der Waals surface area contributed by atoms with Crippen LogP contribution in [0, 0.1) is 0 Å². The average Bonchev–Trinajstić information content (AvgIpc) is 2.82. The summed E-state index contributed by atoms with van der Waals surface area (Å²) < 4.78 is 0. The van der Waals surface area contributed by atoms with Crippen molar-refractivity contribution in [1.29, 1.82) is 0 Å². The summed E-state index contributed by atoms with van der Waals surface area (Å²) in [4.78, 5) is 12.1. The number of hydrogen-bond donors (Lipinski definition) is 1. The van der Waals surface area contributed by atoms with E-state index in [2.05, 4.69) is 27.5 Å². The van der Waals surface area contributed by atoms with E-state index >= 15 is 0 Å². The van der Waals surface area contributed by atoms with Gasteiger partial charge in [-0.2, -0.15) is 0 Å². The van der Waals surface area contributed by atoms with E-state index in [4.69, 9.17) is 5.73 Å². The molecule has 96 valence electrons. The maximum Gasteiger partial charge on any atom is 0.225 e. The molecule has 0 saturated heterocycles. The predicted molar refractivity (Wildman–Crippen MR) is 75.8 cm³/mol. The Bertz CT molecular complexity index is 464. The molecule has 2 N–H and O–H groups in total. The molecule has 1 atom stereocenters. The fraction of sp³-hybridized carbons (Fsp3) is 0.385. The molecule has 2 rings (SSSR count). The molecule has 0 saturated carbocycles. The lowest BCUT2D eigenvalue weighted by Crippen LogP contribution is -2.20. The smallest absolute Gasteiger partial charge is 0.225 e. The van der Waals surface area contributed by atoms with Crippen molar-refractivity contribution in [3.05, 3.63) is 40.3 Å². The Morgan fingerprint density at radius 2 is 2.11 bits per heavy atom. The van der Waals surface area contributed by atoms with E-state index in [1.54, 1.807) is 11.3 Å². The van der Waals surface area contributed by atoms with Crippen LogP contribution >= 0.6 is 11.3 Å². The molecule has 2 heterocycles. The van der Waals surface area contributed by atoms with Gasteiger partial charge >= 0.3 is 0 Å². The van der Waals surface area contributed by atoms with Gasteiger partial charge < -0.3 is 10.6 Å². The van der Waals surface area contributed by atoms with E-state index in [1.165, 1.54) is 4.88 Å². The second-order valence-electron chi connectivity index (χ2n) is 4.51. The summed E-state index contributed by atoms with van der Waals surface area (Å²) in [5.74, 6) is 0.747. The number of aromatic nitrogens is 2. The van der Waals surface area contributed by atoms with E-state index in [0.29, 0.717) is 0 Å². The largest absolute Gasteiger partial charge is 0.339 e. The summed E-state index contributed by atoms with van der Waals surface area (Å²) in [6.45, 7) is 2.82. The van der Waals surface area contributed by atoms with Crippen molar-refractivity contribution in [1.82, 2.24) is 9.97 Å². The van der Waals surface area contributed by atoms with Gasteiger partial charge in [-0.05, 0) is 30.4 Å². The number of thiophene rings is 1. The standard InChI is InChI=1S/C13H18N4S/c1-10(14)6-11-7-15-13(16-8-11)17(2)9-12-4-3-5-18-12/h3-5,7-8,10H,6,9,14H2,1-2H3. The lowest BCUT2D eigenvalue weighted by Gasteiger charge is -2.16. The minimum atomic E-state index is 0.142. The lowest BCUT2D eigenvalue weighted by molar-refractivity contribution is 0.730. The summed E-state index contributed by atoms with van der Waals surface area (Å²) >= 11 is 1.74. The van der Waals surface area contributed by atoms with Crippen molar-refractivity contribution >= 4 is 17.3 Å². The van der Waals surface area contributed by atoms with Crippen LogP contribution in [0.15, 0.2) is 29.9 Å². The molecule has 0 radical (unpaired) electrons. The Hall–Kier alpha value is -1.46. The van der Waals surface area contributed by atoms with E-state index in [-0.39, 0.29) is 6.04 Å². The second kappa shape index (κ2) is 5.93. The van der Waals surface area contributed by atoms with Gasteiger partial charge in [0.2, 0.25) is 5.95 Å². The van der Waals surface area contributed by atoms with E-state index in [0.717, 1.165) is 24.5 Å². The Morgan fingerprint density at radius 1 is 1.39 bits per heavy atom. The van der Waals surface area contributed by atoms with Crippen LogP contribution in [0.3, 0.4) is 0 Å². The average molecular weight is 262 g/mol. The Labute approximate surface area is 111 Å². The molecule has 2 aromatic rings. The number of nitrogens with zero attached hydrogens (tertiary/aromatic N) is 3. The summed E-state index contributed by atoms with van der Waals surface area (Å²) in [6, 6.07) is 4.31.